The summed E-state index contributed by atoms with van der Waals surface area (Å²) in [6, 6.07) is 1.09. The number of carboxylic acids is 1. The lowest BCUT2D eigenvalue weighted by atomic mass is 10.2. The Morgan fingerprint density at radius 2 is 2.16 bits per heavy atom. The zero-order chi connectivity index (χ0) is 19.0. The SMILES string of the molecule is CC(C)(C)OC(=O)N[C@@H](CC#Cc1ccc(F)c(C=NO)n1)C(=O)O. The van der Waals surface area contributed by atoms with E-state index in [0.717, 1.165) is 12.3 Å². The minimum absolute atomic E-state index is 0.151. The molecule has 0 saturated heterocycles. The molecule has 0 aliphatic rings. The summed E-state index contributed by atoms with van der Waals surface area (Å²) in [5.41, 5.74) is -0.824. The van der Waals surface area contributed by atoms with Crippen LogP contribution in [0.25, 0.3) is 0 Å². The lowest BCUT2D eigenvalue weighted by molar-refractivity contribution is -0.139. The van der Waals surface area contributed by atoms with E-state index in [4.69, 9.17) is 15.1 Å². The highest BCUT2D eigenvalue weighted by atomic mass is 19.1. The highest BCUT2D eigenvalue weighted by Gasteiger charge is 2.23. The van der Waals surface area contributed by atoms with E-state index in [1.807, 2.05) is 0 Å². The number of nitrogens with one attached hydrogen (secondary N) is 1. The fraction of sp³-hybridized carbons (Fsp3) is 0.375. The van der Waals surface area contributed by atoms with Crippen molar-refractivity contribution in [3.8, 4) is 11.8 Å². The number of carboxylic acid groups (broad SMARTS) is 1. The Bertz CT molecular complexity index is 732. The topological polar surface area (TPSA) is 121 Å². The minimum atomic E-state index is -1.28. The number of amides is 1. The Balaban J connectivity index is 2.80. The fourth-order valence-corrected chi connectivity index (χ4v) is 1.57. The predicted molar refractivity (Wildman–Crippen MR) is 85.9 cm³/mol. The average Bonchev–Trinajstić information content (AvgIpc) is 2.47. The van der Waals surface area contributed by atoms with Crippen LogP contribution in [0.4, 0.5) is 9.18 Å². The number of carbonyl (C=O) groups is 2. The van der Waals surface area contributed by atoms with Crippen LogP contribution >= 0.6 is 0 Å². The standard InChI is InChI=1S/C16H18FN3O5/c1-16(2,3)25-15(23)20-12(14(21)22)6-4-5-10-7-8-11(17)13(19-10)9-18-24/h7-9,12,24H,6H2,1-3H3,(H,20,23)(H,21,22)/t12-/m0/s1. The number of hydrogen-bond donors (Lipinski definition) is 3. The smallest absolute Gasteiger partial charge is 0.408 e. The molecule has 1 aromatic rings. The first-order valence-electron chi connectivity index (χ1n) is 7.17. The summed E-state index contributed by atoms with van der Waals surface area (Å²) in [4.78, 5) is 26.6. The third-order valence-corrected chi connectivity index (χ3v) is 2.56. The van der Waals surface area contributed by atoms with Crippen LogP contribution in [-0.2, 0) is 9.53 Å². The molecule has 1 amide bonds. The van der Waals surface area contributed by atoms with Gasteiger partial charge in [-0.3, -0.25) is 0 Å². The molecule has 1 heterocycles. The van der Waals surface area contributed by atoms with E-state index < -0.39 is 29.5 Å². The molecule has 0 radical (unpaired) electrons. The summed E-state index contributed by atoms with van der Waals surface area (Å²) < 4.78 is 18.3. The van der Waals surface area contributed by atoms with Gasteiger partial charge in [0.2, 0.25) is 0 Å². The second-order valence-electron chi connectivity index (χ2n) is 5.85. The monoisotopic (exact) mass is 351 g/mol. The van der Waals surface area contributed by atoms with Gasteiger partial charge in [0.1, 0.15) is 23.0 Å². The Hall–Kier alpha value is -3.15. The molecule has 1 atom stereocenters. The van der Waals surface area contributed by atoms with Crippen molar-refractivity contribution in [3.63, 3.8) is 0 Å². The Kier molecular flexibility index (Phi) is 6.87. The number of rotatable bonds is 4. The van der Waals surface area contributed by atoms with Gasteiger partial charge in [-0.2, -0.15) is 0 Å². The third kappa shape index (κ3) is 7.30. The number of aromatic nitrogens is 1. The van der Waals surface area contributed by atoms with Crippen LogP contribution in [0.15, 0.2) is 17.3 Å². The summed E-state index contributed by atoms with van der Waals surface area (Å²) in [5, 5.41) is 22.4. The van der Waals surface area contributed by atoms with Gasteiger partial charge in [0, 0.05) is 6.42 Å². The van der Waals surface area contributed by atoms with E-state index in [1.54, 1.807) is 20.8 Å². The first-order chi connectivity index (χ1) is 11.6. The predicted octanol–water partition coefficient (Wildman–Crippen LogP) is 1.75. The summed E-state index contributed by atoms with van der Waals surface area (Å²) in [5.74, 6) is 3.12. The maximum absolute atomic E-state index is 13.3. The van der Waals surface area contributed by atoms with Crippen molar-refractivity contribution < 1.29 is 29.0 Å². The molecule has 0 spiro atoms. The molecule has 3 N–H and O–H groups in total. The van der Waals surface area contributed by atoms with Crippen LogP contribution in [0.5, 0.6) is 0 Å². The van der Waals surface area contributed by atoms with Crippen molar-refractivity contribution in [2.24, 2.45) is 5.16 Å². The molecule has 25 heavy (non-hydrogen) atoms. The molecular formula is C16H18FN3O5. The molecule has 0 bridgehead atoms. The number of alkyl carbamates (subject to hydrolysis) is 1. The summed E-state index contributed by atoms with van der Waals surface area (Å²) in [6.45, 7) is 4.95. The van der Waals surface area contributed by atoms with Crippen molar-refractivity contribution in [2.45, 2.75) is 38.8 Å². The third-order valence-electron chi connectivity index (χ3n) is 2.56. The molecule has 1 aromatic heterocycles. The largest absolute Gasteiger partial charge is 0.480 e. The first-order valence-corrected chi connectivity index (χ1v) is 7.17. The van der Waals surface area contributed by atoms with E-state index in [9.17, 15) is 14.0 Å². The molecule has 134 valence electrons. The molecular weight excluding hydrogens is 333 g/mol. The van der Waals surface area contributed by atoms with Gasteiger partial charge in [-0.1, -0.05) is 11.1 Å². The van der Waals surface area contributed by atoms with E-state index >= 15 is 0 Å². The quantitative estimate of drug-likeness (QED) is 0.329. The van der Waals surface area contributed by atoms with Crippen LogP contribution in [0, 0.1) is 17.7 Å². The highest BCUT2D eigenvalue weighted by molar-refractivity contribution is 5.80. The van der Waals surface area contributed by atoms with Gasteiger partial charge in [0.05, 0.1) is 6.21 Å². The normalized spacial score (nSPS) is 12.2. The average molecular weight is 351 g/mol. The number of aliphatic carboxylic acids is 1. The Labute approximate surface area is 143 Å². The zero-order valence-electron chi connectivity index (χ0n) is 13.9. The number of pyridine rings is 1. The van der Waals surface area contributed by atoms with Gasteiger partial charge < -0.3 is 20.4 Å². The van der Waals surface area contributed by atoms with Crippen LogP contribution < -0.4 is 5.32 Å². The van der Waals surface area contributed by atoms with Gasteiger partial charge in [-0.25, -0.2) is 19.0 Å². The van der Waals surface area contributed by atoms with Crippen molar-refractivity contribution in [1.82, 2.24) is 10.3 Å². The van der Waals surface area contributed by atoms with Gasteiger partial charge in [-0.05, 0) is 38.8 Å². The van der Waals surface area contributed by atoms with E-state index in [-0.39, 0.29) is 17.8 Å². The van der Waals surface area contributed by atoms with Crippen molar-refractivity contribution in [1.29, 1.82) is 0 Å². The Morgan fingerprint density at radius 1 is 1.48 bits per heavy atom. The first kappa shape index (κ1) is 19.9. The molecule has 0 aromatic carbocycles. The summed E-state index contributed by atoms with van der Waals surface area (Å²) in [7, 11) is 0. The lowest BCUT2D eigenvalue weighted by Crippen LogP contribution is -2.43. The second-order valence-corrected chi connectivity index (χ2v) is 5.85. The number of ether oxygens (including phenoxy) is 1. The number of nitrogens with zero attached hydrogens (tertiary/aromatic N) is 2. The van der Waals surface area contributed by atoms with Crippen LogP contribution in [0.2, 0.25) is 0 Å². The van der Waals surface area contributed by atoms with Gasteiger partial charge >= 0.3 is 12.1 Å². The molecule has 8 nitrogen and oxygen atoms in total. The fourth-order valence-electron chi connectivity index (χ4n) is 1.57. The van der Waals surface area contributed by atoms with E-state index in [0.29, 0.717) is 0 Å². The summed E-state index contributed by atoms with van der Waals surface area (Å²) >= 11 is 0. The second kappa shape index (κ2) is 8.63. The van der Waals surface area contributed by atoms with Crippen LogP contribution in [0.3, 0.4) is 0 Å². The van der Waals surface area contributed by atoms with E-state index in [1.165, 1.54) is 6.07 Å². The van der Waals surface area contributed by atoms with E-state index in [2.05, 4.69) is 27.3 Å². The number of hydrogen-bond acceptors (Lipinski definition) is 6. The van der Waals surface area contributed by atoms with Gasteiger partial charge in [0.15, 0.2) is 5.82 Å². The molecule has 1 rings (SSSR count). The highest BCUT2D eigenvalue weighted by Crippen LogP contribution is 2.07. The molecule has 0 saturated carbocycles. The van der Waals surface area contributed by atoms with Gasteiger partial charge in [-0.15, -0.1) is 0 Å². The number of oxime groups is 1. The van der Waals surface area contributed by atoms with Crippen molar-refractivity contribution in [2.75, 3.05) is 0 Å². The van der Waals surface area contributed by atoms with Gasteiger partial charge in [0.25, 0.3) is 0 Å². The van der Waals surface area contributed by atoms with Crippen LogP contribution in [0.1, 0.15) is 38.6 Å². The molecule has 0 unspecified atom stereocenters. The zero-order valence-corrected chi connectivity index (χ0v) is 13.9. The minimum Gasteiger partial charge on any atom is -0.480 e. The molecule has 9 heteroatoms. The molecule has 0 aliphatic heterocycles. The molecule has 0 aliphatic carbocycles. The summed E-state index contributed by atoms with van der Waals surface area (Å²) in [6.07, 6.45) is -0.273. The van der Waals surface area contributed by atoms with Crippen molar-refractivity contribution >= 4 is 18.3 Å². The lowest BCUT2D eigenvalue weighted by Gasteiger charge is -2.21. The maximum atomic E-state index is 13.3. The van der Waals surface area contributed by atoms with Crippen LogP contribution in [-0.4, -0.2) is 45.2 Å². The maximum Gasteiger partial charge on any atom is 0.408 e. The number of halogens is 1. The van der Waals surface area contributed by atoms with Crippen molar-refractivity contribution in [3.05, 3.63) is 29.3 Å². The Morgan fingerprint density at radius 3 is 2.72 bits per heavy atom. The number of carbonyl (C=O) groups excluding carboxylic acids is 1. The molecule has 0 fully saturated rings.